The van der Waals surface area contributed by atoms with Crippen LogP contribution in [0.1, 0.15) is 23.6 Å². The predicted octanol–water partition coefficient (Wildman–Crippen LogP) is 5.64. The monoisotopic (exact) mass is 416 g/mol. The molecule has 0 aliphatic heterocycles. The van der Waals surface area contributed by atoms with Crippen LogP contribution in [0, 0.1) is 13.8 Å². The van der Waals surface area contributed by atoms with Crippen molar-refractivity contribution in [3.63, 3.8) is 0 Å². The predicted molar refractivity (Wildman–Crippen MR) is 121 cm³/mol. The van der Waals surface area contributed by atoms with Crippen LogP contribution in [0.4, 0.5) is 0 Å². The highest BCUT2D eigenvalue weighted by atomic mass is 32.2. The van der Waals surface area contributed by atoms with Crippen LogP contribution < -0.4 is 4.74 Å². The second-order valence-corrected chi connectivity index (χ2v) is 7.97. The van der Waals surface area contributed by atoms with Crippen LogP contribution in [0.5, 0.6) is 5.75 Å². The van der Waals surface area contributed by atoms with Gasteiger partial charge in [-0.3, -0.25) is 9.55 Å². The number of hydrogen-bond acceptors (Lipinski definition) is 5. The van der Waals surface area contributed by atoms with Gasteiger partial charge in [0.15, 0.2) is 11.0 Å². The Bertz CT molecular complexity index is 1120. The average molecular weight is 417 g/mol. The van der Waals surface area contributed by atoms with Crippen molar-refractivity contribution in [2.45, 2.75) is 31.7 Å². The Labute approximate surface area is 181 Å². The van der Waals surface area contributed by atoms with E-state index in [1.54, 1.807) is 24.2 Å². The van der Waals surface area contributed by atoms with Gasteiger partial charge in [0.2, 0.25) is 0 Å². The molecule has 4 aromatic rings. The fourth-order valence-corrected chi connectivity index (χ4v) is 4.26. The maximum absolute atomic E-state index is 5.60. The van der Waals surface area contributed by atoms with E-state index in [1.807, 2.05) is 43.3 Å². The van der Waals surface area contributed by atoms with E-state index in [1.165, 1.54) is 16.7 Å². The summed E-state index contributed by atoms with van der Waals surface area (Å²) in [6, 6.07) is 18.5. The van der Waals surface area contributed by atoms with E-state index in [0.717, 1.165) is 33.7 Å². The number of nitrogens with zero attached hydrogens (tertiary/aromatic N) is 4. The largest absolute Gasteiger partial charge is 0.494 e. The third kappa shape index (κ3) is 4.39. The quantitative estimate of drug-likeness (QED) is 0.365. The first-order valence-electron chi connectivity index (χ1n) is 9.93. The van der Waals surface area contributed by atoms with Crippen LogP contribution >= 0.6 is 11.8 Å². The molecule has 152 valence electrons. The van der Waals surface area contributed by atoms with Crippen LogP contribution in [0.15, 0.2) is 72.1 Å². The molecule has 0 bridgehead atoms. The van der Waals surface area contributed by atoms with Gasteiger partial charge in [0.25, 0.3) is 0 Å². The summed E-state index contributed by atoms with van der Waals surface area (Å²) in [6.07, 6.45) is 3.55. The van der Waals surface area contributed by atoms with E-state index in [2.05, 4.69) is 51.8 Å². The highest BCUT2D eigenvalue weighted by Gasteiger charge is 2.17. The molecule has 0 saturated carbocycles. The molecule has 0 radical (unpaired) electrons. The molecular formula is C24H24N4OS. The number of aromatic nitrogens is 4. The third-order valence-corrected chi connectivity index (χ3v) is 5.82. The SMILES string of the molecule is CCOc1ccc(-n2c(SCc3cc(C)ccc3C)nnc2-c2ccncc2)cc1. The molecule has 30 heavy (non-hydrogen) atoms. The number of hydrogen-bond donors (Lipinski definition) is 0. The van der Waals surface area contributed by atoms with Crippen molar-refractivity contribution in [1.29, 1.82) is 0 Å². The molecular weight excluding hydrogens is 392 g/mol. The van der Waals surface area contributed by atoms with Crippen LogP contribution in [-0.2, 0) is 5.75 Å². The molecule has 0 atom stereocenters. The lowest BCUT2D eigenvalue weighted by molar-refractivity contribution is 0.340. The van der Waals surface area contributed by atoms with Gasteiger partial charge < -0.3 is 4.74 Å². The molecule has 0 aliphatic carbocycles. The molecule has 0 amide bonds. The molecule has 0 unspecified atom stereocenters. The van der Waals surface area contributed by atoms with Crippen molar-refractivity contribution < 1.29 is 4.74 Å². The molecule has 0 aliphatic rings. The summed E-state index contributed by atoms with van der Waals surface area (Å²) in [5, 5.41) is 9.88. The minimum atomic E-state index is 0.644. The summed E-state index contributed by atoms with van der Waals surface area (Å²) in [5.74, 6) is 2.48. The molecule has 0 saturated heterocycles. The summed E-state index contributed by atoms with van der Waals surface area (Å²) in [5.41, 5.74) is 5.84. The lowest BCUT2D eigenvalue weighted by Gasteiger charge is -2.12. The molecule has 2 aromatic heterocycles. The highest BCUT2D eigenvalue weighted by molar-refractivity contribution is 7.98. The fourth-order valence-electron chi connectivity index (χ4n) is 3.24. The van der Waals surface area contributed by atoms with Crippen LogP contribution in [0.3, 0.4) is 0 Å². The standard InChI is InChI=1S/C24H24N4OS/c1-4-29-22-9-7-21(8-10-22)28-23(19-11-13-25-14-12-19)26-27-24(28)30-16-20-15-17(2)5-6-18(20)3/h5-15H,4,16H2,1-3H3. The third-order valence-electron chi connectivity index (χ3n) is 4.84. The number of aryl methyl sites for hydroxylation is 2. The Morgan fingerprint density at radius 3 is 2.43 bits per heavy atom. The smallest absolute Gasteiger partial charge is 0.196 e. The normalized spacial score (nSPS) is 10.9. The zero-order chi connectivity index (χ0) is 20.9. The summed E-state index contributed by atoms with van der Waals surface area (Å²) in [4.78, 5) is 4.13. The van der Waals surface area contributed by atoms with Crippen molar-refractivity contribution in [2.24, 2.45) is 0 Å². The molecule has 2 aromatic carbocycles. The van der Waals surface area contributed by atoms with Gasteiger partial charge in [-0.1, -0.05) is 35.5 Å². The maximum atomic E-state index is 5.60. The van der Waals surface area contributed by atoms with E-state index >= 15 is 0 Å². The summed E-state index contributed by atoms with van der Waals surface area (Å²) < 4.78 is 7.70. The van der Waals surface area contributed by atoms with Gasteiger partial charge in [-0.25, -0.2) is 0 Å². The lowest BCUT2D eigenvalue weighted by atomic mass is 10.1. The van der Waals surface area contributed by atoms with Gasteiger partial charge in [0, 0.05) is 29.4 Å². The van der Waals surface area contributed by atoms with Crippen molar-refractivity contribution in [3.05, 3.63) is 83.7 Å². The van der Waals surface area contributed by atoms with Crippen molar-refractivity contribution in [3.8, 4) is 22.8 Å². The van der Waals surface area contributed by atoms with Crippen LogP contribution in [0.25, 0.3) is 17.1 Å². The number of thioether (sulfide) groups is 1. The van der Waals surface area contributed by atoms with E-state index < -0.39 is 0 Å². The topological polar surface area (TPSA) is 52.8 Å². The molecule has 6 heteroatoms. The first-order chi connectivity index (χ1) is 14.7. The first-order valence-corrected chi connectivity index (χ1v) is 10.9. The van der Waals surface area contributed by atoms with Crippen molar-refractivity contribution in [1.82, 2.24) is 19.7 Å². The van der Waals surface area contributed by atoms with E-state index in [0.29, 0.717) is 6.61 Å². The van der Waals surface area contributed by atoms with E-state index in [4.69, 9.17) is 4.74 Å². The van der Waals surface area contributed by atoms with Crippen molar-refractivity contribution in [2.75, 3.05) is 6.61 Å². The van der Waals surface area contributed by atoms with Gasteiger partial charge in [0.1, 0.15) is 5.75 Å². The van der Waals surface area contributed by atoms with E-state index in [-0.39, 0.29) is 0 Å². The Hall–Kier alpha value is -3.12. The Kier molecular flexibility index (Phi) is 6.14. The summed E-state index contributed by atoms with van der Waals surface area (Å²) in [7, 11) is 0. The number of rotatable bonds is 7. The Morgan fingerprint density at radius 2 is 1.70 bits per heavy atom. The lowest BCUT2D eigenvalue weighted by Crippen LogP contribution is -2.01. The number of benzene rings is 2. The van der Waals surface area contributed by atoms with Gasteiger partial charge in [-0.05, 0) is 68.3 Å². The maximum Gasteiger partial charge on any atom is 0.196 e. The Morgan fingerprint density at radius 1 is 0.933 bits per heavy atom. The summed E-state index contributed by atoms with van der Waals surface area (Å²) >= 11 is 1.69. The highest BCUT2D eigenvalue weighted by Crippen LogP contribution is 2.31. The van der Waals surface area contributed by atoms with Crippen LogP contribution in [-0.4, -0.2) is 26.4 Å². The summed E-state index contributed by atoms with van der Waals surface area (Å²) in [6.45, 7) is 6.90. The molecule has 4 rings (SSSR count). The Balaban J connectivity index is 1.71. The minimum absolute atomic E-state index is 0.644. The molecule has 2 heterocycles. The average Bonchev–Trinajstić information content (AvgIpc) is 3.20. The van der Waals surface area contributed by atoms with Gasteiger partial charge in [0.05, 0.1) is 6.61 Å². The fraction of sp³-hybridized carbons (Fsp3) is 0.208. The minimum Gasteiger partial charge on any atom is -0.494 e. The number of pyridine rings is 1. The molecule has 0 spiro atoms. The molecule has 5 nitrogen and oxygen atoms in total. The zero-order valence-corrected chi connectivity index (χ0v) is 18.2. The second kappa shape index (κ2) is 9.13. The van der Waals surface area contributed by atoms with Gasteiger partial charge in [-0.2, -0.15) is 0 Å². The van der Waals surface area contributed by atoms with E-state index in [9.17, 15) is 0 Å². The first kappa shape index (κ1) is 20.2. The second-order valence-electron chi connectivity index (χ2n) is 7.02. The van der Waals surface area contributed by atoms with Crippen LogP contribution in [0.2, 0.25) is 0 Å². The number of ether oxygens (including phenoxy) is 1. The van der Waals surface area contributed by atoms with Gasteiger partial charge in [-0.15, -0.1) is 10.2 Å². The molecule has 0 N–H and O–H groups in total. The zero-order valence-electron chi connectivity index (χ0n) is 17.4. The molecule has 0 fully saturated rings. The van der Waals surface area contributed by atoms with Crippen molar-refractivity contribution >= 4 is 11.8 Å². The van der Waals surface area contributed by atoms with Gasteiger partial charge >= 0.3 is 0 Å².